The molecular weight excluding hydrogens is 484 g/mol. The Morgan fingerprint density at radius 3 is 2.32 bits per heavy atom. The maximum atomic E-state index is 13.8. The summed E-state index contributed by atoms with van der Waals surface area (Å²) >= 11 is 0. The average Bonchev–Trinajstić information content (AvgIpc) is 3.32. The molecule has 2 aliphatic rings. The van der Waals surface area contributed by atoms with Crippen LogP contribution < -0.4 is 0 Å². The second-order valence-corrected chi connectivity index (χ2v) is 8.65. The van der Waals surface area contributed by atoms with Gasteiger partial charge in [0, 0.05) is 33.3 Å². The predicted octanol–water partition coefficient (Wildman–Crippen LogP) is 2.70. The lowest BCUT2D eigenvalue weighted by atomic mass is 9.87. The number of methoxy groups -OCH3 is 3. The summed E-state index contributed by atoms with van der Waals surface area (Å²) < 4.78 is 44.9. The van der Waals surface area contributed by atoms with Crippen molar-refractivity contribution in [1.82, 2.24) is 0 Å². The topological polar surface area (TPSA) is 108 Å². The van der Waals surface area contributed by atoms with Crippen molar-refractivity contribution in [2.24, 2.45) is 0 Å². The van der Waals surface area contributed by atoms with Gasteiger partial charge in [0.25, 0.3) is 5.60 Å². The standard InChI is InChI=1S/C27H36O10/c1-6-7-13-20(33-15-30-3)23(34-16-31-4)22-18(2)24(28)27(37-22)25(35-17-32-5)21(36-26(27)29)14-19-11-9-8-10-12-19/h7-13,20-21,23,25H,6,14-17H2,1-5H3/b13-7-/t20-,21+,23-,25-,27+/m0/s1. The van der Waals surface area contributed by atoms with Gasteiger partial charge < -0.3 is 37.9 Å². The third-order valence-electron chi connectivity index (χ3n) is 6.13. The molecule has 0 saturated carbocycles. The third kappa shape index (κ3) is 6.28. The van der Waals surface area contributed by atoms with E-state index in [4.69, 9.17) is 37.9 Å². The number of benzene rings is 1. The number of allylic oxidation sites excluding steroid dienone is 1. The Labute approximate surface area is 217 Å². The smallest absolute Gasteiger partial charge is 0.362 e. The Kier molecular flexibility index (Phi) is 10.8. The highest BCUT2D eigenvalue weighted by Gasteiger charge is 2.69. The van der Waals surface area contributed by atoms with Gasteiger partial charge in [-0.3, -0.25) is 4.79 Å². The zero-order valence-electron chi connectivity index (χ0n) is 22.0. The highest BCUT2D eigenvalue weighted by atomic mass is 16.7. The first-order valence-electron chi connectivity index (χ1n) is 12.1. The van der Waals surface area contributed by atoms with Gasteiger partial charge in [0.2, 0.25) is 5.78 Å². The summed E-state index contributed by atoms with van der Waals surface area (Å²) in [4.78, 5) is 27.2. The second-order valence-electron chi connectivity index (χ2n) is 8.65. The highest BCUT2D eigenvalue weighted by Crippen LogP contribution is 2.44. The number of Topliss-reactive ketones (excluding diaryl/α,β-unsaturated/α-hetero) is 1. The molecule has 0 N–H and O–H groups in total. The zero-order valence-corrected chi connectivity index (χ0v) is 22.0. The van der Waals surface area contributed by atoms with Crippen LogP contribution in [0, 0.1) is 0 Å². The van der Waals surface area contributed by atoms with E-state index in [2.05, 4.69) is 0 Å². The Morgan fingerprint density at radius 1 is 1.00 bits per heavy atom. The van der Waals surface area contributed by atoms with Crippen LogP contribution in [0.3, 0.4) is 0 Å². The van der Waals surface area contributed by atoms with E-state index in [-0.39, 0.29) is 31.7 Å². The van der Waals surface area contributed by atoms with Gasteiger partial charge in [0.1, 0.15) is 44.4 Å². The quantitative estimate of drug-likeness (QED) is 0.148. The normalized spacial score (nSPS) is 25.2. The molecule has 10 nitrogen and oxygen atoms in total. The molecule has 0 unspecified atom stereocenters. The number of hydrogen-bond donors (Lipinski definition) is 0. The average molecular weight is 521 g/mol. The Balaban J connectivity index is 1.98. The summed E-state index contributed by atoms with van der Waals surface area (Å²) in [5.74, 6) is -1.23. The van der Waals surface area contributed by atoms with Crippen LogP contribution >= 0.6 is 0 Å². The number of ketones is 1. The number of carbonyl (C=O) groups is 2. The molecule has 1 fully saturated rings. The van der Waals surface area contributed by atoms with Gasteiger partial charge in [-0.15, -0.1) is 0 Å². The van der Waals surface area contributed by atoms with E-state index in [0.717, 1.165) is 12.0 Å². The van der Waals surface area contributed by atoms with Gasteiger partial charge >= 0.3 is 5.97 Å². The van der Waals surface area contributed by atoms with Crippen LogP contribution in [0.25, 0.3) is 0 Å². The molecule has 37 heavy (non-hydrogen) atoms. The molecule has 0 bridgehead atoms. The Hall–Kier alpha value is -2.60. The molecule has 5 atom stereocenters. The molecule has 1 aromatic carbocycles. The van der Waals surface area contributed by atoms with Crippen molar-refractivity contribution >= 4 is 11.8 Å². The van der Waals surface area contributed by atoms with Gasteiger partial charge in [-0.05, 0) is 18.9 Å². The van der Waals surface area contributed by atoms with Crippen LogP contribution in [0.5, 0.6) is 0 Å². The number of carbonyl (C=O) groups excluding carboxylic acids is 2. The van der Waals surface area contributed by atoms with Crippen LogP contribution in [-0.4, -0.2) is 83.5 Å². The van der Waals surface area contributed by atoms with Crippen molar-refractivity contribution in [2.45, 2.75) is 56.7 Å². The molecule has 1 aromatic rings. The minimum absolute atomic E-state index is 0.0300. The number of cyclic esters (lactones) is 1. The molecule has 2 heterocycles. The molecular formula is C27H36O10. The molecule has 204 valence electrons. The Morgan fingerprint density at radius 2 is 1.68 bits per heavy atom. The summed E-state index contributed by atoms with van der Waals surface area (Å²) in [7, 11) is 4.43. The fourth-order valence-electron chi connectivity index (χ4n) is 4.43. The maximum Gasteiger partial charge on any atom is 0.362 e. The first-order valence-corrected chi connectivity index (χ1v) is 12.1. The van der Waals surface area contributed by atoms with E-state index in [0.29, 0.717) is 6.42 Å². The van der Waals surface area contributed by atoms with Crippen molar-refractivity contribution in [1.29, 1.82) is 0 Å². The lowest BCUT2D eigenvalue weighted by Gasteiger charge is -2.30. The lowest BCUT2D eigenvalue weighted by molar-refractivity contribution is -0.180. The van der Waals surface area contributed by atoms with E-state index in [1.165, 1.54) is 21.3 Å². The first kappa shape index (κ1) is 29.0. The largest absolute Gasteiger partial charge is 0.465 e. The van der Waals surface area contributed by atoms with Gasteiger partial charge in [-0.25, -0.2) is 4.79 Å². The second kappa shape index (κ2) is 13.8. The van der Waals surface area contributed by atoms with Crippen LogP contribution in [0.15, 0.2) is 53.8 Å². The van der Waals surface area contributed by atoms with Crippen LogP contribution in [0.4, 0.5) is 0 Å². The van der Waals surface area contributed by atoms with E-state index < -0.39 is 41.8 Å². The zero-order chi connectivity index (χ0) is 26.8. The third-order valence-corrected chi connectivity index (χ3v) is 6.13. The predicted molar refractivity (Wildman–Crippen MR) is 131 cm³/mol. The fraction of sp³-hybridized carbons (Fsp3) is 0.556. The number of ether oxygens (including phenoxy) is 8. The van der Waals surface area contributed by atoms with Crippen molar-refractivity contribution in [3.05, 3.63) is 59.4 Å². The fourth-order valence-corrected chi connectivity index (χ4v) is 4.43. The molecule has 1 saturated heterocycles. The van der Waals surface area contributed by atoms with Crippen LogP contribution in [0.2, 0.25) is 0 Å². The monoisotopic (exact) mass is 520 g/mol. The maximum absolute atomic E-state index is 13.8. The van der Waals surface area contributed by atoms with E-state index in [1.54, 1.807) is 13.0 Å². The lowest BCUT2D eigenvalue weighted by Crippen LogP contribution is -2.54. The summed E-state index contributed by atoms with van der Waals surface area (Å²) in [6.45, 7) is 3.25. The SMILES string of the molecule is CC/C=C\[C@H](OCOC)[C@H](OCOC)C1=C(C)C(=O)[C@]2(O1)C(=O)O[C@H](Cc1ccccc1)[C@@H]2OCOC. The van der Waals surface area contributed by atoms with Gasteiger partial charge in [0.15, 0.2) is 6.10 Å². The summed E-state index contributed by atoms with van der Waals surface area (Å²) in [5.41, 5.74) is -0.912. The van der Waals surface area contributed by atoms with Crippen molar-refractivity contribution in [2.75, 3.05) is 41.7 Å². The summed E-state index contributed by atoms with van der Waals surface area (Å²) in [6, 6.07) is 9.48. The summed E-state index contributed by atoms with van der Waals surface area (Å²) in [5, 5.41) is 0. The summed E-state index contributed by atoms with van der Waals surface area (Å²) in [6.07, 6.45) is 1.32. The molecule has 0 aliphatic carbocycles. The van der Waals surface area contributed by atoms with Crippen molar-refractivity contribution in [3.63, 3.8) is 0 Å². The van der Waals surface area contributed by atoms with E-state index in [1.807, 2.05) is 43.3 Å². The van der Waals surface area contributed by atoms with Crippen LogP contribution in [-0.2, 0) is 53.9 Å². The highest BCUT2D eigenvalue weighted by molar-refractivity contribution is 6.18. The molecule has 0 amide bonds. The molecule has 0 radical (unpaired) electrons. The molecule has 2 aliphatic heterocycles. The number of rotatable bonds is 15. The van der Waals surface area contributed by atoms with Crippen LogP contribution in [0.1, 0.15) is 25.8 Å². The van der Waals surface area contributed by atoms with Gasteiger partial charge in [0.05, 0.1) is 0 Å². The minimum atomic E-state index is -2.04. The Bertz CT molecular complexity index is 959. The molecule has 1 spiro atoms. The van der Waals surface area contributed by atoms with Gasteiger partial charge in [-0.2, -0.15) is 0 Å². The van der Waals surface area contributed by atoms with Crippen molar-refractivity contribution < 1.29 is 47.5 Å². The van der Waals surface area contributed by atoms with Gasteiger partial charge in [-0.1, -0.05) is 49.4 Å². The van der Waals surface area contributed by atoms with E-state index >= 15 is 0 Å². The molecule has 0 aromatic heterocycles. The van der Waals surface area contributed by atoms with Crippen molar-refractivity contribution in [3.8, 4) is 0 Å². The number of hydrogen-bond acceptors (Lipinski definition) is 10. The van der Waals surface area contributed by atoms with E-state index in [9.17, 15) is 9.59 Å². The molecule has 3 rings (SSSR count). The molecule has 10 heteroatoms. The minimum Gasteiger partial charge on any atom is -0.465 e. The number of esters is 1. The first-order chi connectivity index (χ1) is 17.9.